The smallest absolute Gasteiger partial charge is 0.328 e. The number of alkyl halides is 3. The average Bonchev–Trinajstić information content (AvgIpc) is 2.68. The van der Waals surface area contributed by atoms with E-state index in [1.54, 1.807) is 0 Å². The fourth-order valence-corrected chi connectivity index (χ4v) is 4.15. The lowest BCUT2D eigenvalue weighted by molar-refractivity contribution is -0.138. The first kappa shape index (κ1) is 23.2. The van der Waals surface area contributed by atoms with Gasteiger partial charge in [0.25, 0.3) is 5.91 Å². The van der Waals surface area contributed by atoms with Crippen LogP contribution in [0.25, 0.3) is 0 Å². The molecule has 2 aromatic rings. The summed E-state index contributed by atoms with van der Waals surface area (Å²) in [5, 5.41) is 5.64. The first-order chi connectivity index (χ1) is 14.1. The van der Waals surface area contributed by atoms with Crippen LogP contribution < -0.4 is 17.5 Å². The fourth-order valence-electron chi connectivity index (χ4n) is 3.35. The quantitative estimate of drug-likeness (QED) is 0.254. The highest BCUT2D eigenvalue weighted by molar-refractivity contribution is 14.2. The second-order valence-electron chi connectivity index (χ2n) is 6.72. The Morgan fingerprint density at radius 1 is 1.17 bits per heavy atom. The molecule has 1 saturated heterocycles. The average molecular weight is 650 g/mol. The number of aromatic amines is 1. The van der Waals surface area contributed by atoms with Crippen molar-refractivity contribution < 1.29 is 22.4 Å². The van der Waals surface area contributed by atoms with Crippen molar-refractivity contribution in [3.63, 3.8) is 0 Å². The van der Waals surface area contributed by atoms with Crippen molar-refractivity contribution in [2.75, 3.05) is 19.7 Å². The molecule has 1 fully saturated rings. The highest BCUT2D eigenvalue weighted by Crippen LogP contribution is 2.39. The minimum Gasteiger partial charge on any atom is -0.328 e. The number of hydrogen-bond donors (Lipinski definition) is 3. The monoisotopic (exact) mass is 650 g/mol. The molecule has 1 amide bonds. The molecule has 2 heterocycles. The summed E-state index contributed by atoms with van der Waals surface area (Å²) in [4.78, 5) is 26.1. The Kier molecular flexibility index (Phi) is 7.27. The number of amides is 1. The molecule has 1 aromatic carbocycles. The van der Waals surface area contributed by atoms with E-state index in [2.05, 4.69) is 15.6 Å². The SMILES string of the molecule is O=C(Nc1cc(C2CCNCC2)c(F)cc1N(I)I)c1c[nH]c(=O)cc1C(F)(F)F. The Labute approximate surface area is 196 Å². The van der Waals surface area contributed by atoms with Crippen LogP contribution in [-0.2, 0) is 6.18 Å². The summed E-state index contributed by atoms with van der Waals surface area (Å²) in [5.41, 5.74) is -2.17. The minimum absolute atomic E-state index is 0.0633. The molecule has 0 radical (unpaired) electrons. The lowest BCUT2D eigenvalue weighted by atomic mass is 9.89. The molecule has 12 heteroatoms. The van der Waals surface area contributed by atoms with Crippen LogP contribution in [0.4, 0.5) is 28.9 Å². The summed E-state index contributed by atoms with van der Waals surface area (Å²) in [6, 6.07) is 3.06. The van der Waals surface area contributed by atoms with Gasteiger partial charge >= 0.3 is 6.18 Å². The van der Waals surface area contributed by atoms with Gasteiger partial charge in [0.15, 0.2) is 0 Å². The number of nitrogens with one attached hydrogen (secondary N) is 3. The number of piperidine rings is 1. The van der Waals surface area contributed by atoms with E-state index in [0.29, 0.717) is 24.5 Å². The zero-order chi connectivity index (χ0) is 22.1. The summed E-state index contributed by atoms with van der Waals surface area (Å²) in [6.45, 7) is 1.45. The predicted molar refractivity (Wildman–Crippen MR) is 122 cm³/mol. The molecule has 0 spiro atoms. The van der Waals surface area contributed by atoms with Gasteiger partial charge in [-0.25, -0.2) is 4.39 Å². The Bertz CT molecular complexity index is 1000. The number of H-pyrrole nitrogens is 1. The summed E-state index contributed by atoms with van der Waals surface area (Å²) in [7, 11) is 0. The third kappa shape index (κ3) is 5.25. The van der Waals surface area contributed by atoms with Crippen LogP contribution in [0, 0.1) is 5.82 Å². The molecule has 0 aliphatic carbocycles. The molecule has 3 rings (SSSR count). The van der Waals surface area contributed by atoms with Gasteiger partial charge in [0.2, 0.25) is 5.56 Å². The van der Waals surface area contributed by atoms with Gasteiger partial charge in [-0.05, 0) is 43.5 Å². The van der Waals surface area contributed by atoms with Gasteiger partial charge in [0.1, 0.15) is 5.82 Å². The van der Waals surface area contributed by atoms with Crippen LogP contribution in [0.2, 0.25) is 0 Å². The maximum Gasteiger partial charge on any atom is 0.417 e. The van der Waals surface area contributed by atoms with Crippen molar-refractivity contribution in [3.8, 4) is 0 Å². The highest BCUT2D eigenvalue weighted by atomic mass is 127. The number of hydrogen-bond acceptors (Lipinski definition) is 4. The Balaban J connectivity index is 2.01. The lowest BCUT2D eigenvalue weighted by Gasteiger charge is -2.25. The van der Waals surface area contributed by atoms with E-state index in [4.69, 9.17) is 0 Å². The third-order valence-electron chi connectivity index (χ3n) is 4.80. The van der Waals surface area contributed by atoms with E-state index in [1.165, 1.54) is 13.5 Å². The van der Waals surface area contributed by atoms with Crippen LogP contribution in [0.5, 0.6) is 0 Å². The van der Waals surface area contributed by atoms with Crippen LogP contribution in [-0.4, -0.2) is 24.0 Å². The van der Waals surface area contributed by atoms with Gasteiger partial charge in [-0.3, -0.25) is 10.9 Å². The molecule has 30 heavy (non-hydrogen) atoms. The Hall–Kier alpha value is -1.42. The van der Waals surface area contributed by atoms with Crippen molar-refractivity contribution in [2.45, 2.75) is 24.9 Å². The maximum atomic E-state index is 14.7. The summed E-state index contributed by atoms with van der Waals surface area (Å²) < 4.78 is 56.1. The molecule has 1 aliphatic heterocycles. The lowest BCUT2D eigenvalue weighted by Crippen LogP contribution is -2.27. The van der Waals surface area contributed by atoms with Gasteiger partial charge in [-0.15, -0.1) is 0 Å². The number of rotatable bonds is 4. The molecule has 1 aliphatic rings. The minimum atomic E-state index is -4.88. The topological polar surface area (TPSA) is 77.2 Å². The van der Waals surface area contributed by atoms with Crippen LogP contribution in [0.1, 0.15) is 40.2 Å². The molecule has 0 bridgehead atoms. The van der Waals surface area contributed by atoms with E-state index in [1.807, 2.05) is 45.7 Å². The van der Waals surface area contributed by atoms with Crippen molar-refractivity contribution in [3.05, 3.63) is 57.3 Å². The highest BCUT2D eigenvalue weighted by Gasteiger charge is 2.36. The maximum absolute atomic E-state index is 14.7. The summed E-state index contributed by atoms with van der Waals surface area (Å²) in [5.74, 6) is -1.56. The van der Waals surface area contributed by atoms with Crippen molar-refractivity contribution >= 4 is 63.0 Å². The van der Waals surface area contributed by atoms with E-state index in [0.717, 1.165) is 19.3 Å². The van der Waals surface area contributed by atoms with E-state index in [9.17, 15) is 27.2 Å². The number of benzene rings is 1. The van der Waals surface area contributed by atoms with Crippen LogP contribution >= 0.6 is 45.7 Å². The largest absolute Gasteiger partial charge is 0.417 e. The van der Waals surface area contributed by atoms with E-state index in [-0.39, 0.29) is 17.3 Å². The van der Waals surface area contributed by atoms with Crippen LogP contribution in [0.3, 0.4) is 0 Å². The van der Waals surface area contributed by atoms with Crippen molar-refractivity contribution in [1.29, 1.82) is 0 Å². The first-order valence-corrected chi connectivity index (χ1v) is 10.8. The first-order valence-electron chi connectivity index (χ1n) is 8.85. The second kappa shape index (κ2) is 9.38. The molecule has 0 saturated carbocycles. The zero-order valence-corrected chi connectivity index (χ0v) is 19.6. The fraction of sp³-hybridized carbons (Fsp3) is 0.333. The third-order valence-corrected chi connectivity index (χ3v) is 5.84. The molecular formula is C18H16F4I2N4O2. The number of halogens is 6. The van der Waals surface area contributed by atoms with Gasteiger partial charge in [0, 0.05) is 18.3 Å². The summed E-state index contributed by atoms with van der Waals surface area (Å²) in [6.07, 6.45) is -2.74. The number of nitrogens with zero attached hydrogens (tertiary/aromatic N) is 1. The number of carbonyl (C=O) groups is 1. The number of anilines is 2. The van der Waals surface area contributed by atoms with Crippen LogP contribution in [0.15, 0.2) is 29.2 Å². The predicted octanol–water partition coefficient (Wildman–Crippen LogP) is 4.76. The second-order valence-corrected chi connectivity index (χ2v) is 10.5. The molecular weight excluding hydrogens is 634 g/mol. The molecule has 3 N–H and O–H groups in total. The van der Waals surface area contributed by atoms with E-state index >= 15 is 0 Å². The van der Waals surface area contributed by atoms with Crippen molar-refractivity contribution in [2.24, 2.45) is 0 Å². The summed E-state index contributed by atoms with van der Waals surface area (Å²) >= 11 is 3.73. The normalized spacial score (nSPS) is 15.1. The van der Waals surface area contributed by atoms with Crippen molar-refractivity contribution in [1.82, 2.24) is 10.3 Å². The number of pyridine rings is 1. The molecule has 162 valence electrons. The van der Waals surface area contributed by atoms with E-state index < -0.39 is 34.6 Å². The zero-order valence-electron chi connectivity index (χ0n) is 15.2. The molecule has 0 unspecified atom stereocenters. The molecule has 6 nitrogen and oxygen atoms in total. The van der Waals surface area contributed by atoms with Gasteiger partial charge in [0.05, 0.1) is 68.2 Å². The van der Waals surface area contributed by atoms with Gasteiger partial charge in [-0.2, -0.15) is 13.2 Å². The van der Waals surface area contributed by atoms with Gasteiger partial charge < -0.3 is 15.6 Å². The number of aromatic nitrogens is 1. The molecule has 1 aromatic heterocycles. The number of carbonyl (C=O) groups excluding carboxylic acids is 1. The standard InChI is InChI=1S/C18H16F4I2N4O2/c19-13-7-15(28(23)24)14(5-10(13)9-1-3-25-4-2-9)27-17(30)11-8-26-16(29)6-12(11)18(20,21)22/h5-9,25H,1-4H2,(H,26,29)(H,27,30). The Morgan fingerprint density at radius 2 is 1.83 bits per heavy atom. The Morgan fingerprint density at radius 3 is 2.43 bits per heavy atom. The molecule has 0 atom stereocenters. The van der Waals surface area contributed by atoms with Gasteiger partial charge in [-0.1, -0.05) is 0 Å².